The van der Waals surface area contributed by atoms with Crippen LogP contribution in [0.4, 0.5) is 10.5 Å². The van der Waals surface area contributed by atoms with Crippen molar-refractivity contribution >= 4 is 28.5 Å². The first-order valence-corrected chi connectivity index (χ1v) is 6.95. The van der Waals surface area contributed by atoms with Gasteiger partial charge < -0.3 is 15.7 Å². The second-order valence-corrected chi connectivity index (χ2v) is 5.14. The van der Waals surface area contributed by atoms with E-state index < -0.39 is 5.97 Å². The standard InChI is InChI=1S/C16H16N2O3/c19-14(20)8-9-17-16(21)18-13-7-6-11-5-4-10-2-1-3-12(13)15(10)11/h1-3,6-7H,4-5,8-9H2,(H,19,20)(H2,17,18,21). The molecule has 0 atom stereocenters. The van der Waals surface area contributed by atoms with E-state index in [0.717, 1.165) is 23.9 Å². The molecule has 3 N–H and O–H groups in total. The van der Waals surface area contributed by atoms with Crippen molar-refractivity contribution in [2.24, 2.45) is 0 Å². The number of hydrogen-bond acceptors (Lipinski definition) is 2. The molecule has 5 nitrogen and oxygen atoms in total. The number of carboxylic acid groups (broad SMARTS) is 1. The van der Waals surface area contributed by atoms with Gasteiger partial charge in [-0.2, -0.15) is 0 Å². The molecule has 1 aliphatic rings. The van der Waals surface area contributed by atoms with Gasteiger partial charge in [0.15, 0.2) is 0 Å². The smallest absolute Gasteiger partial charge is 0.319 e. The monoisotopic (exact) mass is 284 g/mol. The first-order valence-electron chi connectivity index (χ1n) is 6.95. The van der Waals surface area contributed by atoms with E-state index in [9.17, 15) is 9.59 Å². The Kier molecular flexibility index (Phi) is 3.48. The molecule has 0 heterocycles. The fourth-order valence-corrected chi connectivity index (χ4v) is 2.81. The van der Waals surface area contributed by atoms with Gasteiger partial charge in [-0.25, -0.2) is 4.79 Å². The number of amides is 2. The zero-order valence-electron chi connectivity index (χ0n) is 11.5. The van der Waals surface area contributed by atoms with Crippen LogP contribution in [-0.2, 0) is 17.6 Å². The van der Waals surface area contributed by atoms with Gasteiger partial charge in [0.1, 0.15) is 0 Å². The minimum absolute atomic E-state index is 0.0861. The Bertz CT molecular complexity index is 715. The number of aryl methyl sites for hydroxylation is 2. The number of carbonyl (C=O) groups excluding carboxylic acids is 1. The summed E-state index contributed by atoms with van der Waals surface area (Å²) in [5, 5.41) is 16.2. The van der Waals surface area contributed by atoms with Crippen LogP contribution in [0.25, 0.3) is 10.8 Å². The molecule has 2 aromatic carbocycles. The van der Waals surface area contributed by atoms with Gasteiger partial charge in [0.2, 0.25) is 0 Å². The predicted molar refractivity (Wildman–Crippen MR) is 80.6 cm³/mol. The van der Waals surface area contributed by atoms with Crippen LogP contribution in [0.15, 0.2) is 30.3 Å². The Balaban J connectivity index is 1.79. The van der Waals surface area contributed by atoms with Gasteiger partial charge in [0.25, 0.3) is 0 Å². The number of rotatable bonds is 4. The summed E-state index contributed by atoms with van der Waals surface area (Å²) in [5.74, 6) is -0.930. The maximum atomic E-state index is 11.8. The third-order valence-electron chi connectivity index (χ3n) is 3.75. The minimum Gasteiger partial charge on any atom is -0.481 e. The molecule has 0 bridgehead atoms. The van der Waals surface area contributed by atoms with Crippen LogP contribution in [0.2, 0.25) is 0 Å². The molecule has 0 fully saturated rings. The van der Waals surface area contributed by atoms with Crippen molar-refractivity contribution in [2.75, 3.05) is 11.9 Å². The van der Waals surface area contributed by atoms with Crippen LogP contribution < -0.4 is 10.6 Å². The molecule has 3 rings (SSSR count). The molecule has 2 amide bonds. The molecule has 21 heavy (non-hydrogen) atoms. The lowest BCUT2D eigenvalue weighted by Crippen LogP contribution is -2.30. The molecule has 108 valence electrons. The van der Waals surface area contributed by atoms with E-state index in [1.54, 1.807) is 0 Å². The van der Waals surface area contributed by atoms with Crippen LogP contribution in [0.3, 0.4) is 0 Å². The van der Waals surface area contributed by atoms with Crippen molar-refractivity contribution in [3.63, 3.8) is 0 Å². The van der Waals surface area contributed by atoms with Gasteiger partial charge in [0, 0.05) is 11.9 Å². The molecule has 2 aromatic rings. The maximum Gasteiger partial charge on any atom is 0.319 e. The lowest BCUT2D eigenvalue weighted by atomic mass is 10.0. The van der Waals surface area contributed by atoms with Crippen molar-refractivity contribution in [3.8, 4) is 0 Å². The number of carboxylic acids is 1. The Morgan fingerprint density at radius 1 is 1.10 bits per heavy atom. The van der Waals surface area contributed by atoms with Crippen molar-refractivity contribution in [1.29, 1.82) is 0 Å². The predicted octanol–water partition coefficient (Wildman–Crippen LogP) is 2.53. The highest BCUT2D eigenvalue weighted by Crippen LogP contribution is 2.34. The first kappa shape index (κ1) is 13.4. The zero-order valence-corrected chi connectivity index (χ0v) is 11.5. The van der Waals surface area contributed by atoms with Gasteiger partial charge in [-0.15, -0.1) is 0 Å². The number of urea groups is 1. The van der Waals surface area contributed by atoms with Crippen molar-refractivity contribution in [1.82, 2.24) is 5.32 Å². The molecule has 5 heteroatoms. The highest BCUT2D eigenvalue weighted by molar-refractivity contribution is 6.04. The quantitative estimate of drug-likeness (QED) is 0.807. The average Bonchev–Trinajstić information content (AvgIpc) is 2.86. The normalized spacial score (nSPS) is 12.4. The Labute approximate surface area is 122 Å². The summed E-state index contributed by atoms with van der Waals surface area (Å²) in [6.07, 6.45) is 2.00. The largest absolute Gasteiger partial charge is 0.481 e. The van der Waals surface area contributed by atoms with Crippen molar-refractivity contribution in [3.05, 3.63) is 41.5 Å². The van der Waals surface area contributed by atoms with Crippen LogP contribution in [0.5, 0.6) is 0 Å². The van der Waals surface area contributed by atoms with E-state index >= 15 is 0 Å². The van der Waals surface area contributed by atoms with Gasteiger partial charge in [-0.3, -0.25) is 4.79 Å². The minimum atomic E-state index is -0.930. The number of benzene rings is 2. The molecule has 0 aliphatic heterocycles. The fourth-order valence-electron chi connectivity index (χ4n) is 2.81. The van der Waals surface area contributed by atoms with Gasteiger partial charge >= 0.3 is 12.0 Å². The number of nitrogens with one attached hydrogen (secondary N) is 2. The van der Waals surface area contributed by atoms with E-state index in [1.807, 2.05) is 24.3 Å². The number of hydrogen-bond donors (Lipinski definition) is 3. The summed E-state index contributed by atoms with van der Waals surface area (Å²) < 4.78 is 0. The van der Waals surface area contributed by atoms with Crippen LogP contribution in [0, 0.1) is 0 Å². The second-order valence-electron chi connectivity index (χ2n) is 5.14. The summed E-state index contributed by atoms with van der Waals surface area (Å²) >= 11 is 0. The lowest BCUT2D eigenvalue weighted by Gasteiger charge is -2.11. The van der Waals surface area contributed by atoms with Crippen LogP contribution >= 0.6 is 0 Å². The molecular formula is C16H16N2O3. The molecule has 0 saturated carbocycles. The van der Waals surface area contributed by atoms with Crippen LogP contribution in [0.1, 0.15) is 17.5 Å². The fraction of sp³-hybridized carbons (Fsp3) is 0.250. The highest BCUT2D eigenvalue weighted by atomic mass is 16.4. The lowest BCUT2D eigenvalue weighted by molar-refractivity contribution is -0.136. The molecule has 0 saturated heterocycles. The number of aliphatic carboxylic acids is 1. The summed E-state index contributed by atoms with van der Waals surface area (Å²) in [5.41, 5.74) is 3.39. The summed E-state index contributed by atoms with van der Waals surface area (Å²) in [7, 11) is 0. The highest BCUT2D eigenvalue weighted by Gasteiger charge is 2.16. The molecule has 0 aromatic heterocycles. The zero-order chi connectivity index (χ0) is 14.8. The van der Waals surface area contributed by atoms with E-state index in [2.05, 4.69) is 16.7 Å². The van der Waals surface area contributed by atoms with Gasteiger partial charge in [-0.1, -0.05) is 24.3 Å². The Morgan fingerprint density at radius 2 is 1.86 bits per heavy atom. The summed E-state index contributed by atoms with van der Waals surface area (Å²) in [6.45, 7) is 0.114. The number of anilines is 1. The maximum absolute atomic E-state index is 11.8. The topological polar surface area (TPSA) is 78.4 Å². The van der Waals surface area contributed by atoms with Crippen molar-refractivity contribution in [2.45, 2.75) is 19.3 Å². The third kappa shape index (κ3) is 2.67. The molecule has 0 radical (unpaired) electrons. The van der Waals surface area contributed by atoms with Gasteiger partial charge in [0.05, 0.1) is 12.1 Å². The second kappa shape index (κ2) is 5.44. The van der Waals surface area contributed by atoms with Crippen LogP contribution in [-0.4, -0.2) is 23.7 Å². The summed E-state index contributed by atoms with van der Waals surface area (Å²) in [6, 6.07) is 9.70. The van der Waals surface area contributed by atoms with Gasteiger partial charge in [-0.05, 0) is 35.4 Å². The van der Waals surface area contributed by atoms with E-state index in [-0.39, 0.29) is 19.0 Å². The SMILES string of the molecule is O=C(O)CCNC(=O)Nc1ccc2c3c(cccc13)CC2. The number of carbonyl (C=O) groups is 2. The molecular weight excluding hydrogens is 268 g/mol. The first-order chi connectivity index (χ1) is 10.1. The Hall–Kier alpha value is -2.56. The summed E-state index contributed by atoms with van der Waals surface area (Å²) in [4.78, 5) is 22.2. The van der Waals surface area contributed by atoms with E-state index in [0.29, 0.717) is 0 Å². The molecule has 1 aliphatic carbocycles. The van der Waals surface area contributed by atoms with E-state index in [4.69, 9.17) is 5.11 Å². The Morgan fingerprint density at radius 3 is 2.62 bits per heavy atom. The average molecular weight is 284 g/mol. The molecule has 0 unspecified atom stereocenters. The van der Waals surface area contributed by atoms with E-state index in [1.165, 1.54) is 16.5 Å². The van der Waals surface area contributed by atoms with Crippen molar-refractivity contribution < 1.29 is 14.7 Å². The third-order valence-corrected chi connectivity index (χ3v) is 3.75. The molecule has 0 spiro atoms.